The molecule has 0 aliphatic heterocycles. The lowest BCUT2D eigenvalue weighted by atomic mass is 10.0. The van der Waals surface area contributed by atoms with Gasteiger partial charge in [0.25, 0.3) is 5.91 Å². The molecule has 0 saturated carbocycles. The number of hydrogen-bond donors (Lipinski definition) is 2. The molecule has 3 aromatic carbocycles. The smallest absolute Gasteiger partial charge is 0.255 e. The van der Waals surface area contributed by atoms with Gasteiger partial charge in [-0.05, 0) is 68.7 Å². The van der Waals surface area contributed by atoms with Gasteiger partial charge in [-0.15, -0.1) is 0 Å². The monoisotopic (exact) mass is 384 g/mol. The van der Waals surface area contributed by atoms with Gasteiger partial charge in [-0.3, -0.25) is 4.79 Å². The van der Waals surface area contributed by atoms with E-state index in [-0.39, 0.29) is 11.7 Å². The van der Waals surface area contributed by atoms with E-state index in [1.807, 2.05) is 63.2 Å². The zero-order chi connectivity index (χ0) is 20.7. The first-order valence-corrected chi connectivity index (χ1v) is 9.66. The minimum Gasteiger partial charge on any atom is -0.505 e. The number of aromatic nitrogens is 1. The fourth-order valence-corrected chi connectivity index (χ4v) is 3.81. The number of phenols is 1. The van der Waals surface area contributed by atoms with E-state index >= 15 is 0 Å². The normalized spacial score (nSPS) is 11.0. The van der Waals surface area contributed by atoms with E-state index in [9.17, 15) is 9.90 Å². The molecule has 0 bridgehead atoms. The van der Waals surface area contributed by atoms with Gasteiger partial charge < -0.3 is 15.0 Å². The molecule has 0 fully saturated rings. The number of amides is 1. The van der Waals surface area contributed by atoms with Gasteiger partial charge in [0, 0.05) is 22.3 Å². The van der Waals surface area contributed by atoms with Crippen molar-refractivity contribution >= 4 is 22.5 Å². The minimum absolute atomic E-state index is 0.171. The van der Waals surface area contributed by atoms with Gasteiger partial charge in [0.2, 0.25) is 0 Å². The second kappa shape index (κ2) is 7.13. The van der Waals surface area contributed by atoms with E-state index in [2.05, 4.69) is 22.9 Å². The van der Waals surface area contributed by atoms with Crippen molar-refractivity contribution in [2.24, 2.45) is 0 Å². The standard InChI is InChI=1S/C25H24N2O2/c1-15-16(2)24(28)23(14-21(15)26-25(29)19-10-6-5-7-11-19)27-18(4)17(3)20-12-8-9-13-22(20)27/h5-14,28H,1-4H3,(H,26,29). The Labute approximate surface area is 170 Å². The highest BCUT2D eigenvalue weighted by Crippen LogP contribution is 2.38. The number of carbonyl (C=O) groups is 1. The van der Waals surface area contributed by atoms with Gasteiger partial charge in [0.15, 0.2) is 0 Å². The fraction of sp³-hybridized carbons (Fsp3) is 0.160. The molecule has 0 aliphatic carbocycles. The molecular weight excluding hydrogens is 360 g/mol. The summed E-state index contributed by atoms with van der Waals surface area (Å²) >= 11 is 0. The van der Waals surface area contributed by atoms with Crippen LogP contribution in [-0.2, 0) is 0 Å². The molecule has 1 amide bonds. The number of nitrogens with one attached hydrogen (secondary N) is 1. The van der Waals surface area contributed by atoms with Crippen molar-refractivity contribution in [3.8, 4) is 11.4 Å². The molecule has 29 heavy (non-hydrogen) atoms. The number of rotatable bonds is 3. The summed E-state index contributed by atoms with van der Waals surface area (Å²) in [6.45, 7) is 7.92. The molecule has 0 radical (unpaired) electrons. The first kappa shape index (κ1) is 18.8. The molecule has 0 spiro atoms. The third kappa shape index (κ3) is 3.07. The third-order valence-corrected chi connectivity index (χ3v) is 5.80. The third-order valence-electron chi connectivity index (χ3n) is 5.80. The SMILES string of the molecule is Cc1c(NC(=O)c2ccccc2)cc(-n2c(C)c(C)c3ccccc32)c(O)c1C. The minimum atomic E-state index is -0.171. The summed E-state index contributed by atoms with van der Waals surface area (Å²) in [5.41, 5.74) is 6.82. The van der Waals surface area contributed by atoms with Crippen LogP contribution in [0.2, 0.25) is 0 Å². The van der Waals surface area contributed by atoms with Crippen LogP contribution in [0.25, 0.3) is 16.6 Å². The molecule has 2 N–H and O–H groups in total. The van der Waals surface area contributed by atoms with Crippen LogP contribution in [0.4, 0.5) is 5.69 Å². The van der Waals surface area contributed by atoms with E-state index < -0.39 is 0 Å². The highest BCUT2D eigenvalue weighted by Gasteiger charge is 2.19. The van der Waals surface area contributed by atoms with Crippen molar-refractivity contribution in [2.75, 3.05) is 5.32 Å². The number of aryl methyl sites for hydroxylation is 1. The maximum atomic E-state index is 12.7. The Morgan fingerprint density at radius 1 is 0.862 bits per heavy atom. The van der Waals surface area contributed by atoms with Crippen LogP contribution in [-0.4, -0.2) is 15.6 Å². The van der Waals surface area contributed by atoms with E-state index in [0.717, 1.165) is 27.7 Å². The number of benzene rings is 3. The molecule has 0 aliphatic rings. The van der Waals surface area contributed by atoms with Crippen LogP contribution in [0.15, 0.2) is 60.7 Å². The molecule has 0 unspecified atom stereocenters. The number of carbonyl (C=O) groups excluding carboxylic acids is 1. The highest BCUT2D eigenvalue weighted by atomic mass is 16.3. The first-order valence-electron chi connectivity index (χ1n) is 9.66. The predicted octanol–water partition coefficient (Wildman–Crippen LogP) is 5.82. The Kier molecular flexibility index (Phi) is 4.63. The summed E-state index contributed by atoms with van der Waals surface area (Å²) in [7, 11) is 0. The summed E-state index contributed by atoms with van der Waals surface area (Å²) in [6.07, 6.45) is 0. The number of phenolic OH excluding ortho intramolecular Hbond substituents is 1. The van der Waals surface area contributed by atoms with Crippen LogP contribution in [0, 0.1) is 27.7 Å². The molecule has 0 atom stereocenters. The van der Waals surface area contributed by atoms with Gasteiger partial charge in [-0.25, -0.2) is 0 Å². The van der Waals surface area contributed by atoms with Crippen molar-refractivity contribution in [3.63, 3.8) is 0 Å². The highest BCUT2D eigenvalue weighted by molar-refractivity contribution is 6.05. The Hall–Kier alpha value is -3.53. The summed E-state index contributed by atoms with van der Waals surface area (Å²) < 4.78 is 2.06. The van der Waals surface area contributed by atoms with E-state index in [1.54, 1.807) is 12.1 Å². The van der Waals surface area contributed by atoms with Crippen molar-refractivity contribution in [1.82, 2.24) is 4.57 Å². The predicted molar refractivity (Wildman–Crippen MR) is 118 cm³/mol. The van der Waals surface area contributed by atoms with Gasteiger partial charge in [0.1, 0.15) is 5.75 Å². The molecule has 4 rings (SSSR count). The summed E-state index contributed by atoms with van der Waals surface area (Å²) in [4.78, 5) is 12.7. The molecule has 0 saturated heterocycles. The second-order valence-electron chi connectivity index (χ2n) is 7.42. The molecule has 146 valence electrons. The Balaban J connectivity index is 1.89. The second-order valence-corrected chi connectivity index (χ2v) is 7.42. The molecule has 4 aromatic rings. The fourth-order valence-electron chi connectivity index (χ4n) is 3.81. The number of nitrogens with zero attached hydrogens (tertiary/aromatic N) is 1. The molecular formula is C25H24N2O2. The van der Waals surface area contributed by atoms with E-state index in [4.69, 9.17) is 0 Å². The lowest BCUT2D eigenvalue weighted by Crippen LogP contribution is -2.14. The Bertz CT molecular complexity index is 1240. The zero-order valence-electron chi connectivity index (χ0n) is 17.1. The van der Waals surface area contributed by atoms with Crippen molar-refractivity contribution in [1.29, 1.82) is 0 Å². The Morgan fingerprint density at radius 2 is 1.52 bits per heavy atom. The summed E-state index contributed by atoms with van der Waals surface area (Å²) in [5.74, 6) is 0.0547. The van der Waals surface area contributed by atoms with Gasteiger partial charge in [-0.2, -0.15) is 0 Å². The number of hydrogen-bond acceptors (Lipinski definition) is 2. The van der Waals surface area contributed by atoms with E-state index in [1.165, 1.54) is 5.56 Å². The lowest BCUT2D eigenvalue weighted by molar-refractivity contribution is 0.102. The van der Waals surface area contributed by atoms with Gasteiger partial charge >= 0.3 is 0 Å². The zero-order valence-corrected chi connectivity index (χ0v) is 17.1. The van der Waals surface area contributed by atoms with Crippen molar-refractivity contribution in [3.05, 3.63) is 88.6 Å². The molecule has 1 heterocycles. The number of anilines is 1. The summed E-state index contributed by atoms with van der Waals surface area (Å²) in [6, 6.07) is 19.1. The van der Waals surface area contributed by atoms with Crippen molar-refractivity contribution < 1.29 is 9.90 Å². The average molecular weight is 384 g/mol. The van der Waals surface area contributed by atoms with Crippen LogP contribution in [0.3, 0.4) is 0 Å². The summed E-state index contributed by atoms with van der Waals surface area (Å²) in [5, 5.41) is 15.1. The maximum Gasteiger partial charge on any atom is 0.255 e. The van der Waals surface area contributed by atoms with Crippen molar-refractivity contribution in [2.45, 2.75) is 27.7 Å². The molecule has 4 heteroatoms. The first-order chi connectivity index (χ1) is 13.9. The molecule has 1 aromatic heterocycles. The van der Waals surface area contributed by atoms with Gasteiger partial charge in [0.05, 0.1) is 11.2 Å². The van der Waals surface area contributed by atoms with Crippen LogP contribution >= 0.6 is 0 Å². The van der Waals surface area contributed by atoms with E-state index in [0.29, 0.717) is 16.9 Å². The number of fused-ring (bicyclic) bond motifs is 1. The van der Waals surface area contributed by atoms with Gasteiger partial charge in [-0.1, -0.05) is 36.4 Å². The largest absolute Gasteiger partial charge is 0.505 e. The quantitative estimate of drug-likeness (QED) is 0.437. The van der Waals surface area contributed by atoms with Crippen LogP contribution < -0.4 is 5.32 Å². The lowest BCUT2D eigenvalue weighted by Gasteiger charge is -2.18. The number of aromatic hydroxyl groups is 1. The topological polar surface area (TPSA) is 54.3 Å². The average Bonchev–Trinajstić information content (AvgIpc) is 3.00. The van der Waals surface area contributed by atoms with Crippen LogP contribution in [0.1, 0.15) is 32.7 Å². The maximum absolute atomic E-state index is 12.7. The number of para-hydroxylation sites is 1. The molecule has 4 nitrogen and oxygen atoms in total. The Morgan fingerprint density at radius 3 is 2.24 bits per heavy atom. The van der Waals surface area contributed by atoms with Crippen LogP contribution in [0.5, 0.6) is 5.75 Å².